The van der Waals surface area contributed by atoms with Crippen LogP contribution < -0.4 is 10.1 Å². The molecule has 0 fully saturated rings. The second-order valence-electron chi connectivity index (χ2n) is 6.12. The zero-order chi connectivity index (χ0) is 20.8. The fourth-order valence-corrected chi connectivity index (χ4v) is 3.77. The van der Waals surface area contributed by atoms with E-state index >= 15 is 0 Å². The third-order valence-electron chi connectivity index (χ3n) is 4.02. The first-order chi connectivity index (χ1) is 14.0. The van der Waals surface area contributed by atoms with Gasteiger partial charge in [-0.3, -0.25) is 4.79 Å². The lowest BCUT2D eigenvalue weighted by Crippen LogP contribution is -2.15. The number of amides is 1. The number of hydrogen-bond acceptors (Lipinski definition) is 5. The third-order valence-corrected chi connectivity index (χ3v) is 5.72. The van der Waals surface area contributed by atoms with Crippen molar-refractivity contribution in [3.05, 3.63) is 64.4 Å². The molecule has 0 aliphatic carbocycles. The fourth-order valence-electron chi connectivity index (χ4n) is 2.66. The highest BCUT2D eigenvalue weighted by atomic mass is 35.5. The number of hydrogen-bond donors (Lipinski definition) is 1. The Kier molecular flexibility index (Phi) is 7.41. The van der Waals surface area contributed by atoms with Crippen LogP contribution in [0.2, 0.25) is 10.0 Å². The molecule has 0 saturated heterocycles. The topological polar surface area (TPSA) is 69.0 Å². The van der Waals surface area contributed by atoms with Crippen molar-refractivity contribution in [3.8, 4) is 5.75 Å². The van der Waals surface area contributed by atoms with Crippen LogP contribution in [-0.2, 0) is 11.3 Å². The van der Waals surface area contributed by atoms with E-state index in [0.717, 1.165) is 5.75 Å². The molecule has 9 heteroatoms. The highest BCUT2D eigenvalue weighted by Crippen LogP contribution is 2.26. The maximum Gasteiger partial charge on any atom is 0.234 e. The molecule has 0 aliphatic rings. The number of benzene rings is 2. The molecule has 1 atom stereocenters. The van der Waals surface area contributed by atoms with Crippen molar-refractivity contribution < 1.29 is 9.53 Å². The van der Waals surface area contributed by atoms with Crippen LogP contribution in [-0.4, -0.2) is 26.4 Å². The van der Waals surface area contributed by atoms with Crippen molar-refractivity contribution in [2.24, 2.45) is 0 Å². The molecule has 0 spiro atoms. The minimum Gasteiger partial charge on any atom is -0.483 e. The number of carbonyl (C=O) groups is 1. The summed E-state index contributed by atoms with van der Waals surface area (Å²) in [6.45, 7) is 4.60. The number of rotatable bonds is 8. The van der Waals surface area contributed by atoms with E-state index in [1.807, 2.05) is 48.7 Å². The fraction of sp³-hybridized carbons (Fsp3) is 0.250. The largest absolute Gasteiger partial charge is 0.483 e. The van der Waals surface area contributed by atoms with Gasteiger partial charge >= 0.3 is 0 Å². The number of halogens is 2. The van der Waals surface area contributed by atoms with Crippen molar-refractivity contribution in [1.29, 1.82) is 0 Å². The predicted molar refractivity (Wildman–Crippen MR) is 117 cm³/mol. The van der Waals surface area contributed by atoms with Crippen molar-refractivity contribution >= 4 is 46.6 Å². The van der Waals surface area contributed by atoms with Gasteiger partial charge in [0.1, 0.15) is 5.75 Å². The summed E-state index contributed by atoms with van der Waals surface area (Å²) in [7, 11) is 0. The lowest BCUT2D eigenvalue weighted by Gasteiger charge is -2.15. The number of nitrogens with one attached hydrogen (secondary N) is 1. The quantitative estimate of drug-likeness (QED) is 0.460. The molecule has 3 aromatic rings. The van der Waals surface area contributed by atoms with Crippen LogP contribution in [0.1, 0.15) is 25.8 Å². The SMILES string of the molecule is CCn1c(SCC(=O)Nc2ccc(Cl)c(Cl)c2)nnc1[C@@H](C)Oc1ccccc1. The van der Waals surface area contributed by atoms with Gasteiger partial charge in [0, 0.05) is 12.2 Å². The summed E-state index contributed by atoms with van der Waals surface area (Å²) in [5.41, 5.74) is 0.590. The molecule has 3 rings (SSSR count). The first-order valence-corrected chi connectivity index (χ1v) is 10.7. The van der Waals surface area contributed by atoms with Crippen molar-refractivity contribution in [3.63, 3.8) is 0 Å². The van der Waals surface area contributed by atoms with E-state index in [1.165, 1.54) is 11.8 Å². The number of ether oxygens (including phenoxy) is 1. The molecule has 0 aliphatic heterocycles. The molecule has 1 aromatic heterocycles. The Labute approximate surface area is 183 Å². The van der Waals surface area contributed by atoms with E-state index in [4.69, 9.17) is 27.9 Å². The number of para-hydroxylation sites is 1. The molecule has 2 aromatic carbocycles. The molecule has 1 amide bonds. The summed E-state index contributed by atoms with van der Waals surface area (Å²) in [6, 6.07) is 14.5. The molecule has 1 heterocycles. The molecule has 6 nitrogen and oxygen atoms in total. The van der Waals surface area contributed by atoms with Gasteiger partial charge in [0.05, 0.1) is 15.8 Å². The standard InChI is InChI=1S/C20H20Cl2N4O2S/c1-3-26-19(13(2)28-15-7-5-4-6-8-15)24-25-20(26)29-12-18(27)23-14-9-10-16(21)17(22)11-14/h4-11,13H,3,12H2,1-2H3,(H,23,27)/t13-/m1/s1. The number of nitrogens with zero attached hydrogens (tertiary/aromatic N) is 3. The molecule has 1 N–H and O–H groups in total. The van der Waals surface area contributed by atoms with Crippen LogP contribution in [0, 0.1) is 0 Å². The predicted octanol–water partition coefficient (Wildman–Crippen LogP) is 5.48. The third kappa shape index (κ3) is 5.65. The molecular weight excluding hydrogens is 431 g/mol. The summed E-state index contributed by atoms with van der Waals surface area (Å²) in [4.78, 5) is 12.3. The summed E-state index contributed by atoms with van der Waals surface area (Å²) in [6.07, 6.45) is -0.274. The first-order valence-electron chi connectivity index (χ1n) is 9.00. The van der Waals surface area contributed by atoms with Crippen LogP contribution in [0.25, 0.3) is 0 Å². The Morgan fingerprint density at radius 1 is 1.17 bits per heavy atom. The van der Waals surface area contributed by atoms with Crippen molar-refractivity contribution in [1.82, 2.24) is 14.8 Å². The van der Waals surface area contributed by atoms with Gasteiger partial charge < -0.3 is 14.6 Å². The van der Waals surface area contributed by atoms with Gasteiger partial charge in [-0.1, -0.05) is 53.2 Å². The van der Waals surface area contributed by atoms with E-state index in [1.54, 1.807) is 18.2 Å². The van der Waals surface area contributed by atoms with Gasteiger partial charge in [-0.25, -0.2) is 0 Å². The highest BCUT2D eigenvalue weighted by Gasteiger charge is 2.19. The normalized spacial score (nSPS) is 11.9. The molecule has 29 heavy (non-hydrogen) atoms. The summed E-state index contributed by atoms with van der Waals surface area (Å²) in [5, 5.41) is 12.8. The Morgan fingerprint density at radius 2 is 1.93 bits per heavy atom. The average Bonchev–Trinajstić information content (AvgIpc) is 3.13. The summed E-state index contributed by atoms with van der Waals surface area (Å²) >= 11 is 13.2. The van der Waals surface area contributed by atoms with Gasteiger partial charge in [0.2, 0.25) is 5.91 Å². The Hall–Kier alpha value is -2.22. The van der Waals surface area contributed by atoms with E-state index in [-0.39, 0.29) is 17.8 Å². The average molecular weight is 451 g/mol. The summed E-state index contributed by atoms with van der Waals surface area (Å²) < 4.78 is 7.90. The monoisotopic (exact) mass is 450 g/mol. The minimum absolute atomic E-state index is 0.172. The Balaban J connectivity index is 1.62. The van der Waals surface area contributed by atoms with E-state index in [9.17, 15) is 4.79 Å². The van der Waals surface area contributed by atoms with Crippen LogP contribution >= 0.6 is 35.0 Å². The number of anilines is 1. The lowest BCUT2D eigenvalue weighted by atomic mass is 10.3. The van der Waals surface area contributed by atoms with Crippen LogP contribution in [0.4, 0.5) is 5.69 Å². The van der Waals surface area contributed by atoms with Gasteiger partial charge in [-0.2, -0.15) is 0 Å². The van der Waals surface area contributed by atoms with E-state index in [0.29, 0.717) is 33.3 Å². The van der Waals surface area contributed by atoms with E-state index < -0.39 is 0 Å². The van der Waals surface area contributed by atoms with Crippen molar-refractivity contribution in [2.45, 2.75) is 31.7 Å². The van der Waals surface area contributed by atoms with Gasteiger partial charge in [-0.15, -0.1) is 10.2 Å². The minimum atomic E-state index is -0.274. The number of aromatic nitrogens is 3. The van der Waals surface area contributed by atoms with Gasteiger partial charge in [0.15, 0.2) is 17.1 Å². The smallest absolute Gasteiger partial charge is 0.234 e. The molecule has 0 radical (unpaired) electrons. The molecule has 0 unspecified atom stereocenters. The number of thioether (sulfide) groups is 1. The van der Waals surface area contributed by atoms with Gasteiger partial charge in [-0.05, 0) is 44.2 Å². The molecular formula is C20H20Cl2N4O2S. The van der Waals surface area contributed by atoms with Crippen molar-refractivity contribution in [2.75, 3.05) is 11.1 Å². The second kappa shape index (κ2) is 10.0. The molecule has 0 saturated carbocycles. The zero-order valence-corrected chi connectivity index (χ0v) is 18.3. The maximum atomic E-state index is 12.3. The second-order valence-corrected chi connectivity index (χ2v) is 7.88. The number of carbonyl (C=O) groups excluding carboxylic acids is 1. The van der Waals surface area contributed by atoms with E-state index in [2.05, 4.69) is 15.5 Å². The maximum absolute atomic E-state index is 12.3. The van der Waals surface area contributed by atoms with Gasteiger partial charge in [0.25, 0.3) is 0 Å². The Morgan fingerprint density at radius 3 is 2.62 bits per heavy atom. The zero-order valence-electron chi connectivity index (χ0n) is 15.9. The highest BCUT2D eigenvalue weighted by molar-refractivity contribution is 7.99. The van der Waals surface area contributed by atoms with Crippen LogP contribution in [0.3, 0.4) is 0 Å². The first kappa shape index (κ1) is 21.5. The lowest BCUT2D eigenvalue weighted by molar-refractivity contribution is -0.113. The molecule has 0 bridgehead atoms. The van der Waals surface area contributed by atoms with Crippen LogP contribution in [0.15, 0.2) is 53.7 Å². The summed E-state index contributed by atoms with van der Waals surface area (Å²) in [5.74, 6) is 1.49. The molecule has 152 valence electrons. The van der Waals surface area contributed by atoms with Crippen LogP contribution in [0.5, 0.6) is 5.75 Å². The Bertz CT molecular complexity index is 982.